The molecular formula is C23H20N4O2S. The number of aryl methyl sites for hydroxylation is 2. The predicted molar refractivity (Wildman–Crippen MR) is 119 cm³/mol. The molecule has 0 bridgehead atoms. The molecule has 0 spiro atoms. The molecule has 6 nitrogen and oxygen atoms in total. The molecule has 0 aliphatic heterocycles. The molecule has 4 rings (SSSR count). The van der Waals surface area contributed by atoms with Crippen LogP contribution in [0, 0.1) is 13.8 Å². The van der Waals surface area contributed by atoms with Crippen LogP contribution in [-0.4, -0.2) is 20.7 Å². The SMILES string of the molecule is Cc1ccc(-c2csc(NC(=O)c3ccc(=O)n(Cc4ccccc4)n3)n2)c(C)c1. The van der Waals surface area contributed by atoms with E-state index in [-0.39, 0.29) is 11.3 Å². The second-order valence-corrected chi connectivity index (χ2v) is 7.87. The Hall–Kier alpha value is -3.58. The highest BCUT2D eigenvalue weighted by Gasteiger charge is 2.14. The maximum Gasteiger partial charge on any atom is 0.277 e. The minimum atomic E-state index is -0.404. The molecule has 1 amide bonds. The van der Waals surface area contributed by atoms with Crippen molar-refractivity contribution in [3.05, 3.63) is 98.8 Å². The van der Waals surface area contributed by atoms with Crippen LogP contribution in [0.2, 0.25) is 0 Å². The Morgan fingerprint density at radius 1 is 1.07 bits per heavy atom. The minimum absolute atomic E-state index is 0.161. The first-order valence-corrected chi connectivity index (χ1v) is 10.3. The van der Waals surface area contributed by atoms with Gasteiger partial charge in [-0.25, -0.2) is 9.67 Å². The maximum atomic E-state index is 12.7. The van der Waals surface area contributed by atoms with Crippen LogP contribution >= 0.6 is 11.3 Å². The predicted octanol–water partition coefficient (Wildman–Crippen LogP) is 4.28. The van der Waals surface area contributed by atoms with Crippen molar-refractivity contribution in [2.45, 2.75) is 20.4 Å². The molecule has 0 saturated heterocycles. The fraction of sp³-hybridized carbons (Fsp3) is 0.130. The number of hydrogen-bond acceptors (Lipinski definition) is 5. The number of carbonyl (C=O) groups is 1. The first kappa shape index (κ1) is 19.7. The van der Waals surface area contributed by atoms with Crippen molar-refractivity contribution in [1.82, 2.24) is 14.8 Å². The fourth-order valence-corrected chi connectivity index (χ4v) is 3.86. The molecule has 0 aliphatic rings. The van der Waals surface area contributed by atoms with E-state index in [1.807, 2.05) is 61.7 Å². The molecule has 7 heteroatoms. The quantitative estimate of drug-likeness (QED) is 0.527. The van der Waals surface area contributed by atoms with Gasteiger partial charge in [0.2, 0.25) is 0 Å². The largest absolute Gasteiger partial charge is 0.296 e. The lowest BCUT2D eigenvalue weighted by molar-refractivity contribution is 0.102. The monoisotopic (exact) mass is 416 g/mol. The normalized spacial score (nSPS) is 10.7. The van der Waals surface area contributed by atoms with Crippen LogP contribution in [-0.2, 0) is 6.54 Å². The van der Waals surface area contributed by atoms with Crippen molar-refractivity contribution in [2.75, 3.05) is 5.32 Å². The van der Waals surface area contributed by atoms with E-state index in [9.17, 15) is 9.59 Å². The van der Waals surface area contributed by atoms with Crippen LogP contribution in [0.3, 0.4) is 0 Å². The second-order valence-electron chi connectivity index (χ2n) is 7.01. The lowest BCUT2D eigenvalue weighted by Crippen LogP contribution is -2.26. The van der Waals surface area contributed by atoms with Crippen molar-refractivity contribution in [3.63, 3.8) is 0 Å². The lowest BCUT2D eigenvalue weighted by Gasteiger charge is -2.07. The summed E-state index contributed by atoms with van der Waals surface area (Å²) in [5.41, 5.74) is 5.00. The van der Waals surface area contributed by atoms with Crippen LogP contribution in [0.1, 0.15) is 27.2 Å². The van der Waals surface area contributed by atoms with E-state index >= 15 is 0 Å². The van der Waals surface area contributed by atoms with Gasteiger partial charge in [-0.1, -0.05) is 54.1 Å². The molecule has 0 aliphatic carbocycles. The van der Waals surface area contributed by atoms with Gasteiger partial charge in [0.15, 0.2) is 5.13 Å². The van der Waals surface area contributed by atoms with Crippen molar-refractivity contribution in [2.24, 2.45) is 0 Å². The number of carbonyl (C=O) groups excluding carboxylic acids is 1. The Balaban J connectivity index is 1.52. The Bertz CT molecular complexity index is 1260. The molecule has 0 radical (unpaired) electrons. The molecule has 2 aromatic carbocycles. The summed E-state index contributed by atoms with van der Waals surface area (Å²) in [6, 6.07) is 18.5. The topological polar surface area (TPSA) is 76.9 Å². The van der Waals surface area contributed by atoms with Gasteiger partial charge in [-0.2, -0.15) is 5.10 Å². The van der Waals surface area contributed by atoms with Crippen molar-refractivity contribution in [3.8, 4) is 11.3 Å². The van der Waals surface area contributed by atoms with Crippen LogP contribution in [0.15, 0.2) is 70.8 Å². The van der Waals surface area contributed by atoms with E-state index in [1.165, 1.54) is 33.7 Å². The highest BCUT2D eigenvalue weighted by molar-refractivity contribution is 7.14. The van der Waals surface area contributed by atoms with E-state index in [2.05, 4.69) is 21.5 Å². The minimum Gasteiger partial charge on any atom is -0.296 e. The van der Waals surface area contributed by atoms with Crippen LogP contribution in [0.5, 0.6) is 0 Å². The highest BCUT2D eigenvalue weighted by Crippen LogP contribution is 2.28. The average molecular weight is 417 g/mol. The number of nitrogens with one attached hydrogen (secondary N) is 1. The summed E-state index contributed by atoms with van der Waals surface area (Å²) in [6.07, 6.45) is 0. The number of aromatic nitrogens is 3. The first-order chi connectivity index (χ1) is 14.5. The van der Waals surface area contributed by atoms with Gasteiger partial charge in [-0.15, -0.1) is 11.3 Å². The first-order valence-electron chi connectivity index (χ1n) is 9.46. The third-order valence-corrected chi connectivity index (χ3v) is 5.41. The van der Waals surface area contributed by atoms with Gasteiger partial charge in [0.1, 0.15) is 5.69 Å². The van der Waals surface area contributed by atoms with Crippen molar-refractivity contribution in [1.29, 1.82) is 0 Å². The number of nitrogens with zero attached hydrogens (tertiary/aromatic N) is 3. The maximum absolute atomic E-state index is 12.7. The smallest absolute Gasteiger partial charge is 0.277 e. The third-order valence-electron chi connectivity index (χ3n) is 4.66. The molecule has 1 N–H and O–H groups in total. The molecule has 2 heterocycles. The van der Waals surface area contributed by atoms with Gasteiger partial charge in [-0.05, 0) is 31.0 Å². The van der Waals surface area contributed by atoms with Crippen LogP contribution in [0.4, 0.5) is 5.13 Å². The number of thiazole rings is 1. The lowest BCUT2D eigenvalue weighted by atomic mass is 10.0. The Morgan fingerprint density at radius 3 is 2.63 bits per heavy atom. The van der Waals surface area contributed by atoms with Gasteiger partial charge in [-0.3, -0.25) is 14.9 Å². The van der Waals surface area contributed by atoms with E-state index < -0.39 is 5.91 Å². The summed E-state index contributed by atoms with van der Waals surface area (Å²) < 4.78 is 1.28. The third kappa shape index (κ3) is 4.36. The van der Waals surface area contributed by atoms with E-state index in [0.29, 0.717) is 11.7 Å². The zero-order chi connectivity index (χ0) is 21.1. The molecule has 150 valence electrons. The number of anilines is 1. The fourth-order valence-electron chi connectivity index (χ4n) is 3.16. The van der Waals surface area contributed by atoms with Gasteiger partial charge in [0, 0.05) is 17.0 Å². The van der Waals surface area contributed by atoms with Crippen molar-refractivity contribution >= 4 is 22.4 Å². The van der Waals surface area contributed by atoms with Gasteiger partial charge in [0.05, 0.1) is 12.2 Å². The number of rotatable bonds is 5. The van der Waals surface area contributed by atoms with E-state index in [0.717, 1.165) is 22.4 Å². The highest BCUT2D eigenvalue weighted by atomic mass is 32.1. The Labute approximate surface area is 177 Å². The standard InChI is InChI=1S/C23H20N4O2S/c1-15-8-9-18(16(2)12-15)20-14-30-23(24-20)25-22(29)19-10-11-21(28)27(26-19)13-17-6-4-3-5-7-17/h3-12,14H,13H2,1-2H3,(H,24,25,29). The zero-order valence-corrected chi connectivity index (χ0v) is 17.4. The summed E-state index contributed by atoms with van der Waals surface area (Å²) in [5.74, 6) is -0.404. The van der Waals surface area contributed by atoms with Gasteiger partial charge < -0.3 is 0 Å². The number of amides is 1. The van der Waals surface area contributed by atoms with Crippen molar-refractivity contribution < 1.29 is 4.79 Å². The van der Waals surface area contributed by atoms with Gasteiger partial charge in [0.25, 0.3) is 11.5 Å². The number of hydrogen-bond donors (Lipinski definition) is 1. The molecule has 2 aromatic heterocycles. The molecule has 30 heavy (non-hydrogen) atoms. The molecular weight excluding hydrogens is 396 g/mol. The molecule has 4 aromatic rings. The van der Waals surface area contributed by atoms with Gasteiger partial charge >= 0.3 is 0 Å². The summed E-state index contributed by atoms with van der Waals surface area (Å²) in [4.78, 5) is 29.3. The van der Waals surface area contributed by atoms with E-state index in [1.54, 1.807) is 0 Å². The Kier molecular flexibility index (Phi) is 5.54. The van der Waals surface area contributed by atoms with E-state index in [4.69, 9.17) is 0 Å². The summed E-state index contributed by atoms with van der Waals surface area (Å²) in [7, 11) is 0. The molecule has 0 atom stereocenters. The van der Waals surface area contributed by atoms with Crippen LogP contribution in [0.25, 0.3) is 11.3 Å². The molecule has 0 fully saturated rings. The van der Waals surface area contributed by atoms with Crippen LogP contribution < -0.4 is 10.9 Å². The summed E-state index contributed by atoms with van der Waals surface area (Å²) in [6.45, 7) is 4.39. The summed E-state index contributed by atoms with van der Waals surface area (Å²) >= 11 is 1.35. The summed E-state index contributed by atoms with van der Waals surface area (Å²) in [5, 5.41) is 9.40. The second kappa shape index (κ2) is 8.42. The zero-order valence-electron chi connectivity index (χ0n) is 16.6. The Morgan fingerprint density at radius 2 is 1.87 bits per heavy atom. The average Bonchev–Trinajstić information content (AvgIpc) is 3.18. The molecule has 0 saturated carbocycles. The molecule has 0 unspecified atom stereocenters. The number of benzene rings is 2.